The molecule has 0 aliphatic carbocycles. The van der Waals surface area contributed by atoms with Crippen molar-refractivity contribution in [3.05, 3.63) is 70.2 Å². The lowest BCUT2D eigenvalue weighted by Gasteiger charge is -2.07. The van der Waals surface area contributed by atoms with E-state index in [1.165, 1.54) is 0 Å². The van der Waals surface area contributed by atoms with Crippen LogP contribution in [0.5, 0.6) is 0 Å². The summed E-state index contributed by atoms with van der Waals surface area (Å²) in [7, 11) is 0. The Morgan fingerprint density at radius 2 is 1.34 bits per heavy atom. The van der Waals surface area contributed by atoms with Gasteiger partial charge in [-0.2, -0.15) is 13.2 Å². The summed E-state index contributed by atoms with van der Waals surface area (Å²) in [5.74, 6) is -1.19. The molecule has 0 spiro atoms. The predicted octanol–water partition coefficient (Wildman–Crippen LogP) is 3.89. The van der Waals surface area contributed by atoms with Crippen LogP contribution in [0.3, 0.4) is 0 Å². The van der Waals surface area contributed by atoms with Crippen LogP contribution >= 0.6 is 11.6 Å². The number of aromatic nitrogens is 4. The molecule has 0 radical (unpaired) electrons. The number of alkyl halides is 3. The third-order valence-corrected chi connectivity index (χ3v) is 4.14. The minimum atomic E-state index is -4.56. The molecule has 2 N–H and O–H groups in total. The number of aliphatic hydroxyl groups excluding tert-OH is 2. The second-order valence-electron chi connectivity index (χ2n) is 6.04. The minimum Gasteiger partial charge on any atom is -0.392 e. The maximum Gasteiger partial charge on any atom is 0.451 e. The molecular weight excluding hydrogens is 409 g/mol. The summed E-state index contributed by atoms with van der Waals surface area (Å²) in [6.07, 6.45) is 0.755. The van der Waals surface area contributed by atoms with Gasteiger partial charge in [-0.25, -0.2) is 15.0 Å². The zero-order valence-electron chi connectivity index (χ0n) is 15.6. The van der Waals surface area contributed by atoms with Gasteiger partial charge in [-0.1, -0.05) is 11.6 Å². The molecule has 0 amide bonds. The number of halogens is 4. The quantitative estimate of drug-likeness (QED) is 0.617. The molecule has 3 rings (SSSR count). The van der Waals surface area contributed by atoms with Gasteiger partial charge in [-0.3, -0.25) is 4.98 Å². The number of hydrogen-bond donors (Lipinski definition) is 2. The normalized spacial score (nSPS) is 11.0. The Morgan fingerprint density at radius 1 is 0.828 bits per heavy atom. The Kier molecular flexibility index (Phi) is 7.60. The molecule has 10 heteroatoms. The first kappa shape index (κ1) is 22.7. The molecule has 0 aromatic carbocycles. The summed E-state index contributed by atoms with van der Waals surface area (Å²) in [5, 5.41) is 18.3. The van der Waals surface area contributed by atoms with E-state index in [-0.39, 0.29) is 13.2 Å². The highest BCUT2D eigenvalue weighted by Crippen LogP contribution is 2.27. The first-order valence-corrected chi connectivity index (χ1v) is 8.71. The third-order valence-electron chi connectivity index (χ3n) is 3.94. The van der Waals surface area contributed by atoms with Crippen LogP contribution in [0.1, 0.15) is 28.1 Å². The van der Waals surface area contributed by atoms with Crippen LogP contribution in [0.25, 0.3) is 11.3 Å². The second-order valence-corrected chi connectivity index (χ2v) is 6.43. The highest BCUT2D eigenvalue weighted by atomic mass is 35.5. The zero-order chi connectivity index (χ0) is 21.6. The molecule has 0 atom stereocenters. The number of aryl methyl sites for hydroxylation is 2. The predicted molar refractivity (Wildman–Crippen MR) is 101 cm³/mol. The lowest BCUT2D eigenvalue weighted by atomic mass is 10.1. The van der Waals surface area contributed by atoms with E-state index in [9.17, 15) is 13.2 Å². The molecule has 154 valence electrons. The van der Waals surface area contributed by atoms with Crippen LogP contribution in [0, 0.1) is 13.8 Å². The van der Waals surface area contributed by atoms with Crippen molar-refractivity contribution in [2.45, 2.75) is 33.2 Å². The van der Waals surface area contributed by atoms with Gasteiger partial charge < -0.3 is 10.2 Å². The Bertz CT molecular complexity index is 967. The average molecular weight is 427 g/mol. The smallest absolute Gasteiger partial charge is 0.392 e. The summed E-state index contributed by atoms with van der Waals surface area (Å²) >= 11 is 5.57. The van der Waals surface area contributed by atoms with E-state index in [0.717, 1.165) is 29.1 Å². The van der Waals surface area contributed by atoms with Crippen molar-refractivity contribution in [1.82, 2.24) is 19.9 Å². The van der Waals surface area contributed by atoms with Crippen molar-refractivity contribution in [1.29, 1.82) is 0 Å². The molecular formula is C19H18ClF3N4O2. The van der Waals surface area contributed by atoms with E-state index in [0.29, 0.717) is 22.0 Å². The summed E-state index contributed by atoms with van der Waals surface area (Å²) in [6, 6.07) is 3.26. The first-order chi connectivity index (χ1) is 13.7. The van der Waals surface area contributed by atoms with Crippen LogP contribution in [0.4, 0.5) is 13.2 Å². The lowest BCUT2D eigenvalue weighted by Crippen LogP contribution is -2.10. The van der Waals surface area contributed by atoms with Crippen molar-refractivity contribution in [2.24, 2.45) is 0 Å². The highest BCUT2D eigenvalue weighted by Gasteiger charge is 2.34. The molecule has 0 saturated heterocycles. The first-order valence-electron chi connectivity index (χ1n) is 8.33. The second kappa shape index (κ2) is 9.73. The van der Waals surface area contributed by atoms with Crippen molar-refractivity contribution in [3.63, 3.8) is 0 Å². The van der Waals surface area contributed by atoms with Crippen LogP contribution in [-0.4, -0.2) is 30.1 Å². The number of pyridine rings is 2. The van der Waals surface area contributed by atoms with Crippen molar-refractivity contribution in [2.75, 3.05) is 0 Å². The van der Waals surface area contributed by atoms with E-state index < -0.39 is 12.0 Å². The fourth-order valence-electron chi connectivity index (χ4n) is 2.21. The standard InChI is InChI=1S/C12H10F3N3O.C7H8ClNO/c1-7-3-16-10(2-8(7)6-19)9-4-17-11(18-5-9)12(13,14)15;1-5-3-9-7(8)2-6(5)4-10/h2-5,19H,6H2,1H3;2-3,10H,4H2,1H3. The highest BCUT2D eigenvalue weighted by molar-refractivity contribution is 6.29. The maximum atomic E-state index is 12.3. The summed E-state index contributed by atoms with van der Waals surface area (Å²) in [6.45, 7) is 3.53. The van der Waals surface area contributed by atoms with Crippen molar-refractivity contribution < 1.29 is 23.4 Å². The van der Waals surface area contributed by atoms with E-state index >= 15 is 0 Å². The zero-order valence-corrected chi connectivity index (χ0v) is 16.3. The number of hydrogen-bond acceptors (Lipinski definition) is 6. The van der Waals surface area contributed by atoms with Crippen LogP contribution in [0.2, 0.25) is 5.15 Å². The molecule has 6 nitrogen and oxygen atoms in total. The van der Waals surface area contributed by atoms with Crippen LogP contribution in [0.15, 0.2) is 36.9 Å². The Labute approximate surface area is 170 Å². The fraction of sp³-hybridized carbons (Fsp3) is 0.263. The third kappa shape index (κ3) is 6.18. The summed E-state index contributed by atoms with van der Waals surface area (Å²) < 4.78 is 37.0. The Hall–Kier alpha value is -2.62. The molecule has 3 heterocycles. The van der Waals surface area contributed by atoms with Gasteiger partial charge >= 0.3 is 6.18 Å². The van der Waals surface area contributed by atoms with Gasteiger partial charge in [0, 0.05) is 30.4 Å². The topological polar surface area (TPSA) is 92.0 Å². The largest absolute Gasteiger partial charge is 0.451 e. The Balaban J connectivity index is 0.000000253. The molecule has 0 bridgehead atoms. The lowest BCUT2D eigenvalue weighted by molar-refractivity contribution is -0.144. The van der Waals surface area contributed by atoms with Gasteiger partial charge in [0.15, 0.2) is 0 Å². The SMILES string of the molecule is Cc1cnc(-c2cnc(C(F)(F)F)nc2)cc1CO.Cc1cnc(Cl)cc1CO. The van der Waals surface area contributed by atoms with E-state index in [2.05, 4.69) is 19.9 Å². The summed E-state index contributed by atoms with van der Waals surface area (Å²) in [4.78, 5) is 14.4. The fourth-order valence-corrected chi connectivity index (χ4v) is 2.39. The molecule has 0 unspecified atom stereocenters. The Morgan fingerprint density at radius 3 is 1.83 bits per heavy atom. The van der Waals surface area contributed by atoms with Gasteiger partial charge in [-0.05, 0) is 48.2 Å². The number of nitrogens with zero attached hydrogens (tertiary/aromatic N) is 4. The molecule has 0 saturated carbocycles. The van der Waals surface area contributed by atoms with E-state index in [1.54, 1.807) is 31.5 Å². The van der Waals surface area contributed by atoms with E-state index in [4.69, 9.17) is 21.8 Å². The van der Waals surface area contributed by atoms with Crippen LogP contribution in [-0.2, 0) is 19.4 Å². The van der Waals surface area contributed by atoms with Gasteiger partial charge in [0.2, 0.25) is 5.82 Å². The molecule has 0 fully saturated rings. The summed E-state index contributed by atoms with van der Waals surface area (Å²) in [5.41, 5.74) is 4.04. The molecule has 0 aliphatic rings. The monoisotopic (exact) mass is 426 g/mol. The van der Waals surface area contributed by atoms with Gasteiger partial charge in [0.1, 0.15) is 5.15 Å². The average Bonchev–Trinajstić information content (AvgIpc) is 2.70. The molecule has 3 aromatic heterocycles. The van der Waals surface area contributed by atoms with Crippen molar-refractivity contribution in [3.8, 4) is 11.3 Å². The van der Waals surface area contributed by atoms with Gasteiger partial charge in [0.05, 0.1) is 18.9 Å². The molecule has 3 aromatic rings. The molecule has 29 heavy (non-hydrogen) atoms. The van der Waals surface area contributed by atoms with Gasteiger partial charge in [0.25, 0.3) is 0 Å². The molecule has 0 aliphatic heterocycles. The van der Waals surface area contributed by atoms with E-state index in [1.807, 2.05) is 6.92 Å². The number of aliphatic hydroxyl groups is 2. The van der Waals surface area contributed by atoms with Gasteiger partial charge in [-0.15, -0.1) is 0 Å². The number of rotatable bonds is 3. The van der Waals surface area contributed by atoms with Crippen molar-refractivity contribution >= 4 is 11.6 Å². The minimum absolute atomic E-state index is 0.0219. The maximum absolute atomic E-state index is 12.3. The van der Waals surface area contributed by atoms with Crippen LogP contribution < -0.4 is 0 Å².